The molecule has 0 spiro atoms. The summed E-state index contributed by atoms with van der Waals surface area (Å²) in [5.74, 6) is 0.140. The molecule has 0 aliphatic heterocycles. The predicted octanol–water partition coefficient (Wildman–Crippen LogP) is 2.42. The summed E-state index contributed by atoms with van der Waals surface area (Å²) in [6.07, 6.45) is 0. The Labute approximate surface area is 93.1 Å². The van der Waals surface area contributed by atoms with Crippen LogP contribution in [-0.4, -0.2) is 5.91 Å². The third-order valence-electron chi connectivity index (χ3n) is 2.24. The second kappa shape index (κ2) is 4.10. The van der Waals surface area contributed by atoms with Crippen LogP contribution in [-0.2, 0) is 0 Å². The number of furan rings is 1. The molecule has 1 aromatic heterocycles. The normalized spacial score (nSPS) is 10.1. The van der Waals surface area contributed by atoms with Crippen molar-refractivity contribution in [2.75, 3.05) is 11.1 Å². The smallest absolute Gasteiger partial charge is 0.291 e. The molecule has 4 nitrogen and oxygen atoms in total. The zero-order valence-electron chi connectivity index (χ0n) is 8.86. The van der Waals surface area contributed by atoms with E-state index < -0.39 is 0 Å². The highest BCUT2D eigenvalue weighted by Crippen LogP contribution is 2.16. The molecule has 1 heterocycles. The largest absolute Gasteiger partial charge is 0.436 e. The van der Waals surface area contributed by atoms with Gasteiger partial charge in [-0.3, -0.25) is 4.79 Å². The second-order valence-corrected chi connectivity index (χ2v) is 3.47. The van der Waals surface area contributed by atoms with Crippen molar-refractivity contribution in [2.45, 2.75) is 6.92 Å². The summed E-state index contributed by atoms with van der Waals surface area (Å²) in [7, 11) is 0. The highest BCUT2D eigenvalue weighted by molar-refractivity contribution is 6.02. The summed E-state index contributed by atoms with van der Waals surface area (Å²) in [4.78, 5) is 11.7. The van der Waals surface area contributed by atoms with Crippen molar-refractivity contribution >= 4 is 17.5 Å². The van der Waals surface area contributed by atoms with E-state index in [0.29, 0.717) is 0 Å². The number of rotatable bonds is 2. The highest BCUT2D eigenvalue weighted by atomic mass is 16.4. The monoisotopic (exact) mass is 216 g/mol. The summed E-state index contributed by atoms with van der Waals surface area (Å²) in [5, 5.41) is 2.75. The first kappa shape index (κ1) is 10.3. The molecule has 0 aliphatic carbocycles. The van der Waals surface area contributed by atoms with Gasteiger partial charge in [-0.25, -0.2) is 0 Å². The molecule has 82 valence electrons. The fraction of sp³-hybridized carbons (Fsp3) is 0.0833. The number of aryl methyl sites for hydroxylation is 1. The van der Waals surface area contributed by atoms with E-state index in [0.717, 1.165) is 11.3 Å². The fourth-order valence-electron chi connectivity index (χ4n) is 1.37. The summed E-state index contributed by atoms with van der Waals surface area (Å²) in [5.41, 5.74) is 7.15. The fourth-order valence-corrected chi connectivity index (χ4v) is 1.37. The molecule has 0 saturated carbocycles. The van der Waals surface area contributed by atoms with Crippen LogP contribution in [0, 0.1) is 6.92 Å². The minimum Gasteiger partial charge on any atom is -0.436 e. The van der Waals surface area contributed by atoms with Gasteiger partial charge in [0.2, 0.25) is 0 Å². The topological polar surface area (TPSA) is 68.3 Å². The van der Waals surface area contributed by atoms with Gasteiger partial charge in [0, 0.05) is 11.8 Å². The van der Waals surface area contributed by atoms with Crippen LogP contribution < -0.4 is 11.1 Å². The first-order chi connectivity index (χ1) is 7.66. The number of carbonyl (C=O) groups excluding carboxylic acids is 1. The van der Waals surface area contributed by atoms with Crippen LogP contribution in [0.4, 0.5) is 11.6 Å². The van der Waals surface area contributed by atoms with Gasteiger partial charge in [0.15, 0.2) is 11.6 Å². The van der Waals surface area contributed by atoms with Crippen LogP contribution in [0.15, 0.2) is 40.8 Å². The molecule has 0 aliphatic rings. The summed E-state index contributed by atoms with van der Waals surface area (Å²) in [6.45, 7) is 1.92. The number of anilines is 2. The second-order valence-electron chi connectivity index (χ2n) is 3.47. The van der Waals surface area contributed by atoms with Gasteiger partial charge in [0.25, 0.3) is 5.91 Å². The molecule has 2 aromatic rings. The van der Waals surface area contributed by atoms with Crippen molar-refractivity contribution in [3.63, 3.8) is 0 Å². The van der Waals surface area contributed by atoms with Gasteiger partial charge in [-0.2, -0.15) is 0 Å². The average molecular weight is 216 g/mol. The van der Waals surface area contributed by atoms with Gasteiger partial charge in [0.05, 0.1) is 0 Å². The van der Waals surface area contributed by atoms with E-state index in [1.54, 1.807) is 12.1 Å². The molecule has 0 bridgehead atoms. The molecule has 0 fully saturated rings. The third-order valence-corrected chi connectivity index (χ3v) is 2.24. The molecule has 2 rings (SSSR count). The quantitative estimate of drug-likeness (QED) is 0.810. The zero-order valence-corrected chi connectivity index (χ0v) is 8.86. The molecule has 0 radical (unpaired) electrons. The average Bonchev–Trinajstić information content (AvgIpc) is 2.68. The summed E-state index contributed by atoms with van der Waals surface area (Å²) < 4.78 is 5.02. The lowest BCUT2D eigenvalue weighted by atomic mass is 10.2. The number of nitrogens with one attached hydrogen (secondary N) is 1. The maximum absolute atomic E-state index is 11.7. The number of nitrogen functional groups attached to an aromatic ring is 1. The predicted molar refractivity (Wildman–Crippen MR) is 62.3 cm³/mol. The number of amides is 1. The number of hydrogen-bond acceptors (Lipinski definition) is 3. The van der Waals surface area contributed by atoms with Gasteiger partial charge in [0.1, 0.15) is 0 Å². The van der Waals surface area contributed by atoms with Crippen LogP contribution in [0.3, 0.4) is 0 Å². The van der Waals surface area contributed by atoms with Crippen molar-refractivity contribution in [3.8, 4) is 0 Å². The van der Waals surface area contributed by atoms with E-state index in [4.69, 9.17) is 10.2 Å². The molecule has 16 heavy (non-hydrogen) atoms. The van der Waals surface area contributed by atoms with E-state index in [1.807, 2.05) is 31.2 Å². The lowest BCUT2D eigenvalue weighted by Crippen LogP contribution is -2.11. The Morgan fingerprint density at radius 3 is 2.62 bits per heavy atom. The van der Waals surface area contributed by atoms with Crippen molar-refractivity contribution in [2.24, 2.45) is 0 Å². The molecular formula is C12H12N2O2. The number of carbonyl (C=O) groups is 1. The van der Waals surface area contributed by atoms with Gasteiger partial charge in [-0.05, 0) is 24.6 Å². The molecule has 1 amide bonds. The van der Waals surface area contributed by atoms with E-state index in [2.05, 4.69) is 5.32 Å². The van der Waals surface area contributed by atoms with Gasteiger partial charge < -0.3 is 15.5 Å². The van der Waals surface area contributed by atoms with Crippen LogP contribution in [0.1, 0.15) is 16.1 Å². The maximum atomic E-state index is 11.7. The molecule has 4 heteroatoms. The Kier molecular flexibility index (Phi) is 2.64. The Morgan fingerprint density at radius 2 is 2.00 bits per heavy atom. The number of nitrogens with two attached hydrogens (primary N) is 1. The third kappa shape index (κ3) is 2.06. The van der Waals surface area contributed by atoms with Gasteiger partial charge in [-0.15, -0.1) is 0 Å². The Bertz CT molecular complexity index is 517. The van der Waals surface area contributed by atoms with E-state index in [1.165, 1.54) is 0 Å². The van der Waals surface area contributed by atoms with Crippen molar-refractivity contribution < 1.29 is 9.21 Å². The van der Waals surface area contributed by atoms with E-state index >= 15 is 0 Å². The van der Waals surface area contributed by atoms with Crippen LogP contribution >= 0.6 is 0 Å². The summed E-state index contributed by atoms with van der Waals surface area (Å²) >= 11 is 0. The molecule has 3 N–H and O–H groups in total. The Balaban J connectivity index is 2.17. The van der Waals surface area contributed by atoms with Gasteiger partial charge >= 0.3 is 0 Å². The van der Waals surface area contributed by atoms with E-state index in [-0.39, 0.29) is 17.6 Å². The molecule has 0 unspecified atom stereocenters. The molecule has 0 saturated heterocycles. The minimum atomic E-state index is -0.300. The maximum Gasteiger partial charge on any atom is 0.291 e. The van der Waals surface area contributed by atoms with E-state index in [9.17, 15) is 4.79 Å². The minimum absolute atomic E-state index is 0.209. The first-order valence-corrected chi connectivity index (χ1v) is 4.89. The van der Waals surface area contributed by atoms with Crippen molar-refractivity contribution in [1.29, 1.82) is 0 Å². The number of hydrogen-bond donors (Lipinski definition) is 2. The first-order valence-electron chi connectivity index (χ1n) is 4.89. The lowest BCUT2D eigenvalue weighted by Gasteiger charge is -2.05. The van der Waals surface area contributed by atoms with Gasteiger partial charge in [-0.1, -0.05) is 18.2 Å². The standard InChI is InChI=1S/C12H12N2O2/c1-8-4-2-3-5-9(8)14-12(15)10-6-7-11(13)16-10/h2-7H,13H2,1H3,(H,14,15). The molecular weight excluding hydrogens is 204 g/mol. The Hall–Kier alpha value is -2.23. The number of para-hydroxylation sites is 1. The highest BCUT2D eigenvalue weighted by Gasteiger charge is 2.10. The van der Waals surface area contributed by atoms with Crippen LogP contribution in [0.2, 0.25) is 0 Å². The molecule has 1 aromatic carbocycles. The Morgan fingerprint density at radius 1 is 1.25 bits per heavy atom. The van der Waals surface area contributed by atoms with Crippen LogP contribution in [0.5, 0.6) is 0 Å². The molecule has 0 atom stereocenters. The lowest BCUT2D eigenvalue weighted by molar-refractivity contribution is 0.0997. The number of benzene rings is 1. The summed E-state index contributed by atoms with van der Waals surface area (Å²) in [6, 6.07) is 10.6. The van der Waals surface area contributed by atoms with Crippen LogP contribution in [0.25, 0.3) is 0 Å². The van der Waals surface area contributed by atoms with Crippen molar-refractivity contribution in [3.05, 3.63) is 47.7 Å². The zero-order chi connectivity index (χ0) is 11.5. The van der Waals surface area contributed by atoms with Crippen molar-refractivity contribution in [1.82, 2.24) is 0 Å². The SMILES string of the molecule is Cc1ccccc1NC(=O)c1ccc(N)o1.